The van der Waals surface area contributed by atoms with E-state index < -0.39 is 5.97 Å². The van der Waals surface area contributed by atoms with Crippen molar-refractivity contribution in [2.75, 3.05) is 27.3 Å². The molecule has 1 aromatic rings. The molecule has 1 aliphatic carbocycles. The zero-order valence-corrected chi connectivity index (χ0v) is 14.2. The van der Waals surface area contributed by atoms with Crippen molar-refractivity contribution >= 4 is 17.6 Å². The summed E-state index contributed by atoms with van der Waals surface area (Å²) in [4.78, 5) is 13.7. The summed E-state index contributed by atoms with van der Waals surface area (Å²) in [6, 6.07) is 3.59. The lowest BCUT2D eigenvalue weighted by Crippen LogP contribution is -2.24. The van der Waals surface area contributed by atoms with Crippen LogP contribution in [0.15, 0.2) is 12.1 Å². The first-order valence-electron chi connectivity index (χ1n) is 7.89. The van der Waals surface area contributed by atoms with E-state index in [0.29, 0.717) is 35.5 Å². The van der Waals surface area contributed by atoms with Crippen LogP contribution in [-0.4, -0.2) is 43.3 Å². The van der Waals surface area contributed by atoms with E-state index in [2.05, 4.69) is 4.90 Å². The molecule has 5 nitrogen and oxygen atoms in total. The third kappa shape index (κ3) is 3.40. The Morgan fingerprint density at radius 2 is 2.04 bits per heavy atom. The number of benzene rings is 1. The molecular formula is C17H22ClNO4. The van der Waals surface area contributed by atoms with Crippen LogP contribution in [0.4, 0.5) is 0 Å². The summed E-state index contributed by atoms with van der Waals surface area (Å²) in [5.41, 5.74) is 0.928. The molecule has 1 aromatic carbocycles. The van der Waals surface area contributed by atoms with Gasteiger partial charge in [-0.25, -0.2) is 0 Å². The van der Waals surface area contributed by atoms with Crippen molar-refractivity contribution in [2.24, 2.45) is 17.8 Å². The molecule has 126 valence electrons. The molecule has 23 heavy (non-hydrogen) atoms. The Hall–Kier alpha value is -1.46. The van der Waals surface area contributed by atoms with Gasteiger partial charge in [0.1, 0.15) is 0 Å². The molecule has 1 heterocycles. The molecule has 1 saturated carbocycles. The number of halogens is 1. The highest BCUT2D eigenvalue weighted by Gasteiger charge is 2.45. The lowest BCUT2D eigenvalue weighted by Gasteiger charge is -2.19. The molecule has 6 heteroatoms. The molecule has 0 bridgehead atoms. The highest BCUT2D eigenvalue weighted by Crippen LogP contribution is 2.45. The van der Waals surface area contributed by atoms with Gasteiger partial charge in [-0.3, -0.25) is 9.69 Å². The van der Waals surface area contributed by atoms with E-state index in [-0.39, 0.29) is 11.8 Å². The maximum Gasteiger partial charge on any atom is 0.308 e. The largest absolute Gasteiger partial charge is 0.493 e. The van der Waals surface area contributed by atoms with Crippen LogP contribution in [0.2, 0.25) is 5.02 Å². The Labute approximate surface area is 141 Å². The summed E-state index contributed by atoms with van der Waals surface area (Å²) < 4.78 is 10.8. The predicted molar refractivity (Wildman–Crippen MR) is 87.2 cm³/mol. The number of methoxy groups -OCH3 is 2. The van der Waals surface area contributed by atoms with Crippen molar-refractivity contribution in [1.29, 1.82) is 0 Å². The number of aliphatic carboxylic acids is 1. The Balaban J connectivity index is 1.79. The van der Waals surface area contributed by atoms with Crippen molar-refractivity contribution in [3.63, 3.8) is 0 Å². The molecular weight excluding hydrogens is 318 g/mol. The molecule has 0 spiro atoms. The maximum absolute atomic E-state index is 11.5. The van der Waals surface area contributed by atoms with Gasteiger partial charge in [-0.15, -0.1) is 0 Å². The zero-order chi connectivity index (χ0) is 16.6. The fraction of sp³-hybridized carbons (Fsp3) is 0.588. The van der Waals surface area contributed by atoms with Crippen LogP contribution in [0, 0.1) is 17.8 Å². The second kappa shape index (κ2) is 6.57. The standard InChI is InChI=1S/C17H22ClNO4/c1-22-15-6-12(18)5-11(16(15)23-2)7-19-8-13(10-3-4-10)14(9-19)17(20)21/h5-6,10,13-14H,3-4,7-9H2,1-2H3,(H,20,21)/t13-,14+/m0/s1. The monoisotopic (exact) mass is 339 g/mol. The molecule has 0 unspecified atom stereocenters. The lowest BCUT2D eigenvalue weighted by atomic mass is 9.92. The molecule has 1 N–H and O–H groups in total. The predicted octanol–water partition coefficient (Wildman–Crippen LogP) is 2.90. The summed E-state index contributed by atoms with van der Waals surface area (Å²) in [6.45, 7) is 2.02. The van der Waals surface area contributed by atoms with E-state index >= 15 is 0 Å². The molecule has 2 atom stereocenters. The molecule has 0 radical (unpaired) electrons. The van der Waals surface area contributed by atoms with Crippen LogP contribution in [0.3, 0.4) is 0 Å². The fourth-order valence-electron chi connectivity index (χ4n) is 3.67. The van der Waals surface area contributed by atoms with Gasteiger partial charge in [-0.2, -0.15) is 0 Å². The van der Waals surface area contributed by atoms with Crippen molar-refractivity contribution in [3.8, 4) is 11.5 Å². The molecule has 3 rings (SSSR count). The van der Waals surface area contributed by atoms with Crippen molar-refractivity contribution in [1.82, 2.24) is 4.90 Å². The van der Waals surface area contributed by atoms with Crippen molar-refractivity contribution < 1.29 is 19.4 Å². The summed E-state index contributed by atoms with van der Waals surface area (Å²) in [5, 5.41) is 10.1. The maximum atomic E-state index is 11.5. The zero-order valence-electron chi connectivity index (χ0n) is 13.4. The van der Waals surface area contributed by atoms with E-state index in [0.717, 1.165) is 24.9 Å². The van der Waals surface area contributed by atoms with Gasteiger partial charge in [-0.05, 0) is 30.7 Å². The number of rotatable bonds is 6. The van der Waals surface area contributed by atoms with Crippen LogP contribution in [-0.2, 0) is 11.3 Å². The average molecular weight is 340 g/mol. The van der Waals surface area contributed by atoms with E-state index in [1.54, 1.807) is 20.3 Å². The first kappa shape index (κ1) is 16.4. The number of carboxylic acid groups (broad SMARTS) is 1. The molecule has 0 amide bonds. The van der Waals surface area contributed by atoms with Crippen molar-refractivity contribution in [2.45, 2.75) is 19.4 Å². The number of carboxylic acids is 1. The van der Waals surface area contributed by atoms with Crippen molar-refractivity contribution in [3.05, 3.63) is 22.7 Å². The quantitative estimate of drug-likeness (QED) is 0.863. The number of carbonyl (C=O) groups is 1. The van der Waals surface area contributed by atoms with Gasteiger partial charge in [0.25, 0.3) is 0 Å². The van der Waals surface area contributed by atoms with E-state index in [1.165, 1.54) is 0 Å². The highest BCUT2D eigenvalue weighted by atomic mass is 35.5. The molecule has 1 saturated heterocycles. The molecule has 2 fully saturated rings. The van der Waals surface area contributed by atoms with Gasteiger partial charge < -0.3 is 14.6 Å². The minimum absolute atomic E-state index is 0.263. The second-order valence-corrected chi connectivity index (χ2v) is 6.88. The summed E-state index contributed by atoms with van der Waals surface area (Å²) in [5.74, 6) is 1.16. The SMILES string of the molecule is COc1cc(Cl)cc(CN2C[C@@H](C(=O)O)[C@H](C3CC3)C2)c1OC. The Morgan fingerprint density at radius 3 is 2.61 bits per heavy atom. The van der Waals surface area contributed by atoms with Crippen LogP contribution < -0.4 is 9.47 Å². The van der Waals surface area contributed by atoms with Crippen LogP contribution >= 0.6 is 11.6 Å². The smallest absolute Gasteiger partial charge is 0.308 e. The number of hydrogen-bond donors (Lipinski definition) is 1. The van der Waals surface area contributed by atoms with Gasteiger partial charge in [0, 0.05) is 36.3 Å². The lowest BCUT2D eigenvalue weighted by molar-refractivity contribution is -0.142. The number of nitrogens with zero attached hydrogens (tertiary/aromatic N) is 1. The first-order valence-corrected chi connectivity index (χ1v) is 8.26. The Kier molecular flexibility index (Phi) is 4.69. The average Bonchev–Trinajstić information content (AvgIpc) is 3.27. The van der Waals surface area contributed by atoms with Crippen LogP contribution in [0.1, 0.15) is 18.4 Å². The highest BCUT2D eigenvalue weighted by molar-refractivity contribution is 6.30. The molecule has 0 aromatic heterocycles. The summed E-state index contributed by atoms with van der Waals surface area (Å²) in [7, 11) is 3.18. The third-order valence-electron chi connectivity index (χ3n) is 4.90. The minimum Gasteiger partial charge on any atom is -0.493 e. The number of ether oxygens (including phenoxy) is 2. The van der Waals surface area contributed by atoms with Gasteiger partial charge >= 0.3 is 5.97 Å². The third-order valence-corrected chi connectivity index (χ3v) is 5.12. The van der Waals surface area contributed by atoms with E-state index in [4.69, 9.17) is 21.1 Å². The van der Waals surface area contributed by atoms with E-state index in [9.17, 15) is 9.90 Å². The second-order valence-electron chi connectivity index (χ2n) is 6.44. The molecule has 1 aliphatic heterocycles. The molecule has 2 aliphatic rings. The Morgan fingerprint density at radius 1 is 1.30 bits per heavy atom. The van der Waals surface area contributed by atoms with Gasteiger partial charge in [0.15, 0.2) is 11.5 Å². The van der Waals surface area contributed by atoms with Gasteiger partial charge in [-0.1, -0.05) is 11.6 Å². The normalized spacial score (nSPS) is 24.7. The fourth-order valence-corrected chi connectivity index (χ4v) is 3.90. The van der Waals surface area contributed by atoms with Gasteiger partial charge in [0.2, 0.25) is 0 Å². The van der Waals surface area contributed by atoms with Crippen LogP contribution in [0.5, 0.6) is 11.5 Å². The topological polar surface area (TPSA) is 59.0 Å². The number of likely N-dealkylation sites (tertiary alicyclic amines) is 1. The first-order chi connectivity index (χ1) is 11.0. The number of hydrogen-bond acceptors (Lipinski definition) is 4. The minimum atomic E-state index is -0.681. The van der Waals surface area contributed by atoms with Gasteiger partial charge in [0.05, 0.1) is 20.1 Å². The Bertz CT molecular complexity index is 603. The summed E-state index contributed by atoms with van der Waals surface area (Å²) in [6.07, 6.45) is 2.33. The van der Waals surface area contributed by atoms with E-state index in [1.807, 2.05) is 6.07 Å². The van der Waals surface area contributed by atoms with Crippen LogP contribution in [0.25, 0.3) is 0 Å². The summed E-state index contributed by atoms with van der Waals surface area (Å²) >= 11 is 6.16.